The summed E-state index contributed by atoms with van der Waals surface area (Å²) in [6.07, 6.45) is -1.08. The zero-order valence-electron chi connectivity index (χ0n) is 20.5. The summed E-state index contributed by atoms with van der Waals surface area (Å²) in [5.74, 6) is 1.53. The number of amides is 1. The Morgan fingerprint density at radius 1 is 1.13 bits per heavy atom. The molecular weight excluding hydrogens is 523 g/mol. The van der Waals surface area contributed by atoms with Crippen LogP contribution in [0.5, 0.6) is 0 Å². The molecule has 0 aliphatic carbocycles. The Morgan fingerprint density at radius 2 is 1.87 bits per heavy atom. The van der Waals surface area contributed by atoms with Gasteiger partial charge in [0.2, 0.25) is 5.95 Å². The number of hydrogen-bond acceptors (Lipinski definition) is 7. The van der Waals surface area contributed by atoms with Gasteiger partial charge in [-0.2, -0.15) is 0 Å². The SMILES string of the molecule is CC1c2nnc(N3CC4(CN(c5ccc(F)cn5)C4)C3)n2-c2ccc(Cl)cc2CN1C(=O)OC(CF)CF. The van der Waals surface area contributed by atoms with Crippen LogP contribution in [0.4, 0.5) is 29.7 Å². The molecule has 5 heterocycles. The van der Waals surface area contributed by atoms with Crippen LogP contribution in [0.1, 0.15) is 24.4 Å². The molecule has 1 aromatic carbocycles. The number of fused-ring (bicyclic) bond motifs is 3. The number of halogens is 4. The van der Waals surface area contributed by atoms with E-state index in [-0.39, 0.29) is 17.8 Å². The van der Waals surface area contributed by atoms with E-state index in [9.17, 15) is 18.0 Å². The second-order valence-electron chi connectivity index (χ2n) is 10.1. The molecule has 13 heteroatoms. The molecule has 1 atom stereocenters. The first kappa shape index (κ1) is 24.8. The predicted molar refractivity (Wildman–Crippen MR) is 134 cm³/mol. The van der Waals surface area contributed by atoms with Gasteiger partial charge in [-0.25, -0.2) is 22.9 Å². The van der Waals surface area contributed by atoms with Gasteiger partial charge < -0.3 is 14.5 Å². The Labute approximate surface area is 221 Å². The number of aromatic nitrogens is 4. The molecule has 0 radical (unpaired) electrons. The number of benzene rings is 1. The Morgan fingerprint density at radius 3 is 2.55 bits per heavy atom. The van der Waals surface area contributed by atoms with Crippen molar-refractivity contribution in [3.63, 3.8) is 0 Å². The normalized spacial score (nSPS) is 19.5. The molecule has 2 saturated heterocycles. The summed E-state index contributed by atoms with van der Waals surface area (Å²) in [5, 5.41) is 9.38. The van der Waals surface area contributed by atoms with Gasteiger partial charge in [0.25, 0.3) is 0 Å². The van der Waals surface area contributed by atoms with Crippen LogP contribution in [-0.2, 0) is 11.3 Å². The molecule has 6 rings (SSSR count). The molecule has 1 amide bonds. The number of carbonyl (C=O) groups is 1. The van der Waals surface area contributed by atoms with Crippen LogP contribution >= 0.6 is 11.6 Å². The van der Waals surface area contributed by atoms with Crippen molar-refractivity contribution >= 4 is 29.5 Å². The summed E-state index contributed by atoms with van der Waals surface area (Å²) in [7, 11) is 0. The molecule has 200 valence electrons. The van der Waals surface area contributed by atoms with E-state index in [2.05, 4.69) is 25.0 Å². The molecule has 3 aliphatic rings. The van der Waals surface area contributed by atoms with Gasteiger partial charge in [0.05, 0.1) is 24.5 Å². The summed E-state index contributed by atoms with van der Waals surface area (Å²) in [5.41, 5.74) is 1.57. The molecule has 2 fully saturated rings. The first-order chi connectivity index (χ1) is 18.3. The van der Waals surface area contributed by atoms with Gasteiger partial charge >= 0.3 is 6.09 Å². The first-order valence-electron chi connectivity index (χ1n) is 12.3. The van der Waals surface area contributed by atoms with Crippen LogP contribution in [0.3, 0.4) is 0 Å². The molecule has 9 nitrogen and oxygen atoms in total. The number of pyridine rings is 1. The highest BCUT2D eigenvalue weighted by molar-refractivity contribution is 6.30. The molecule has 3 aromatic rings. The summed E-state index contributed by atoms with van der Waals surface area (Å²) in [6.45, 7) is 2.77. The van der Waals surface area contributed by atoms with E-state index in [4.69, 9.17) is 16.3 Å². The third-order valence-corrected chi connectivity index (χ3v) is 7.64. The van der Waals surface area contributed by atoms with Crippen LogP contribution in [0.2, 0.25) is 5.02 Å². The fourth-order valence-corrected chi connectivity index (χ4v) is 5.67. The van der Waals surface area contributed by atoms with Gasteiger partial charge in [0.1, 0.15) is 25.0 Å². The van der Waals surface area contributed by atoms with E-state index in [0.29, 0.717) is 16.8 Å². The number of alkyl halides is 2. The third kappa shape index (κ3) is 4.11. The lowest BCUT2D eigenvalue weighted by atomic mass is 9.73. The summed E-state index contributed by atoms with van der Waals surface area (Å²) in [6, 6.07) is 7.86. The van der Waals surface area contributed by atoms with Crippen molar-refractivity contribution in [1.82, 2.24) is 24.6 Å². The molecule has 1 spiro atoms. The van der Waals surface area contributed by atoms with Gasteiger partial charge in [-0.05, 0) is 42.8 Å². The van der Waals surface area contributed by atoms with Crippen LogP contribution in [0, 0.1) is 11.2 Å². The quantitative estimate of drug-likeness (QED) is 0.476. The highest BCUT2D eigenvalue weighted by Crippen LogP contribution is 2.44. The first-order valence-corrected chi connectivity index (χ1v) is 12.6. The molecule has 0 bridgehead atoms. The Bertz CT molecular complexity index is 1350. The van der Waals surface area contributed by atoms with E-state index in [1.54, 1.807) is 25.1 Å². The van der Waals surface area contributed by atoms with Crippen molar-refractivity contribution in [2.45, 2.75) is 25.6 Å². The zero-order valence-corrected chi connectivity index (χ0v) is 21.3. The van der Waals surface area contributed by atoms with Gasteiger partial charge in [0, 0.05) is 36.6 Å². The highest BCUT2D eigenvalue weighted by Gasteiger charge is 2.53. The minimum Gasteiger partial charge on any atom is -0.440 e. The van der Waals surface area contributed by atoms with E-state index in [1.807, 2.05) is 10.6 Å². The fraction of sp³-hybridized carbons (Fsp3) is 0.440. The second kappa shape index (κ2) is 9.33. The average Bonchev–Trinajstić information content (AvgIpc) is 3.24. The Hall–Kier alpha value is -3.54. The predicted octanol–water partition coefficient (Wildman–Crippen LogP) is 4.10. The minimum atomic E-state index is -1.46. The lowest BCUT2D eigenvalue weighted by molar-refractivity contribution is 0.0286. The summed E-state index contributed by atoms with van der Waals surface area (Å²) in [4.78, 5) is 22.7. The Balaban J connectivity index is 1.25. The minimum absolute atomic E-state index is 0.0746. The van der Waals surface area contributed by atoms with Crippen molar-refractivity contribution in [3.8, 4) is 5.69 Å². The van der Waals surface area contributed by atoms with Gasteiger partial charge in [-0.1, -0.05) is 11.6 Å². The lowest BCUT2D eigenvalue weighted by Gasteiger charge is -2.60. The van der Waals surface area contributed by atoms with Gasteiger partial charge in [0.15, 0.2) is 11.9 Å². The molecule has 2 aromatic heterocycles. The number of hydrogen-bond donors (Lipinski definition) is 0. The third-order valence-electron chi connectivity index (χ3n) is 7.41. The largest absolute Gasteiger partial charge is 0.440 e. The van der Waals surface area contributed by atoms with Crippen molar-refractivity contribution in [2.75, 3.05) is 49.3 Å². The summed E-state index contributed by atoms with van der Waals surface area (Å²) < 4.78 is 46.3. The standard InChI is InChI=1S/C25H25ClF3N7O2/c1-15-22-31-32-23(34-13-25(14-34)11-33(12-25)21-5-3-18(29)9-30-21)36(22)20-4-2-17(26)6-16(20)10-35(15)24(37)38-19(7-27)8-28/h2-6,9,15,19H,7-8,10-14H2,1H3. The Kier molecular flexibility index (Phi) is 6.09. The van der Waals surface area contributed by atoms with Crippen molar-refractivity contribution in [1.29, 1.82) is 0 Å². The fourth-order valence-electron chi connectivity index (χ4n) is 5.48. The van der Waals surface area contributed by atoms with E-state index >= 15 is 0 Å². The van der Waals surface area contributed by atoms with Crippen LogP contribution in [0.25, 0.3) is 5.69 Å². The number of anilines is 2. The number of nitrogens with zero attached hydrogens (tertiary/aromatic N) is 7. The van der Waals surface area contributed by atoms with E-state index in [0.717, 1.165) is 43.2 Å². The van der Waals surface area contributed by atoms with Crippen molar-refractivity contribution in [2.24, 2.45) is 5.41 Å². The number of carbonyl (C=O) groups excluding carboxylic acids is 1. The maximum Gasteiger partial charge on any atom is 0.411 e. The van der Waals surface area contributed by atoms with Crippen molar-refractivity contribution in [3.05, 3.63) is 58.8 Å². The number of rotatable bonds is 5. The average molecular weight is 548 g/mol. The molecule has 3 aliphatic heterocycles. The topological polar surface area (TPSA) is 79.6 Å². The maximum absolute atomic E-state index is 13.2. The van der Waals surface area contributed by atoms with Crippen LogP contribution in [0.15, 0.2) is 36.5 Å². The molecular formula is C25H25ClF3N7O2. The van der Waals surface area contributed by atoms with E-state index < -0.39 is 31.6 Å². The summed E-state index contributed by atoms with van der Waals surface area (Å²) >= 11 is 6.29. The molecule has 38 heavy (non-hydrogen) atoms. The second-order valence-corrected chi connectivity index (χ2v) is 10.6. The smallest absolute Gasteiger partial charge is 0.411 e. The van der Waals surface area contributed by atoms with Gasteiger partial charge in [-0.15, -0.1) is 10.2 Å². The van der Waals surface area contributed by atoms with Gasteiger partial charge in [-0.3, -0.25) is 9.47 Å². The molecule has 0 saturated carbocycles. The maximum atomic E-state index is 13.2. The van der Waals surface area contributed by atoms with Crippen LogP contribution in [-0.4, -0.2) is 76.4 Å². The highest BCUT2D eigenvalue weighted by atomic mass is 35.5. The lowest BCUT2D eigenvalue weighted by Crippen LogP contribution is -2.73. The van der Waals surface area contributed by atoms with Crippen molar-refractivity contribution < 1.29 is 22.7 Å². The monoisotopic (exact) mass is 547 g/mol. The molecule has 0 N–H and O–H groups in total. The molecule has 1 unspecified atom stereocenters. The van der Waals surface area contributed by atoms with E-state index in [1.165, 1.54) is 17.2 Å². The number of ether oxygens (including phenoxy) is 1. The van der Waals surface area contributed by atoms with Crippen LogP contribution < -0.4 is 9.80 Å². The zero-order chi connectivity index (χ0) is 26.6.